The molecule has 0 radical (unpaired) electrons. The third-order valence-electron chi connectivity index (χ3n) is 4.37. The zero-order valence-electron chi connectivity index (χ0n) is 13.3. The summed E-state index contributed by atoms with van der Waals surface area (Å²) in [6, 6.07) is 14.0. The molecule has 4 nitrogen and oxygen atoms in total. The van der Waals surface area contributed by atoms with Gasteiger partial charge in [0.25, 0.3) is 5.91 Å². The summed E-state index contributed by atoms with van der Waals surface area (Å²) in [7, 11) is 0. The van der Waals surface area contributed by atoms with E-state index in [1.807, 2.05) is 47.8 Å². The standard InChI is InChI=1S/C19H19N3OS/c23-19(21-13-5-3-9-20-12-13)15-11-17(18-8-4-10-24-18)22-16-7-2-1-6-14(15)16/h1-2,4,6-8,10-11,13,20H,3,5,9,12H2,(H,21,23)/t13-/m0/s1. The predicted molar refractivity (Wildman–Crippen MR) is 98.4 cm³/mol. The third-order valence-corrected chi connectivity index (χ3v) is 5.26. The van der Waals surface area contributed by atoms with Crippen LogP contribution in [0.1, 0.15) is 23.2 Å². The first-order valence-corrected chi connectivity index (χ1v) is 9.14. The second kappa shape index (κ2) is 6.71. The van der Waals surface area contributed by atoms with Gasteiger partial charge < -0.3 is 10.6 Å². The summed E-state index contributed by atoms with van der Waals surface area (Å²) in [5, 5.41) is 9.44. The molecule has 1 amide bonds. The van der Waals surface area contributed by atoms with E-state index in [1.54, 1.807) is 11.3 Å². The van der Waals surface area contributed by atoms with Crippen LogP contribution in [-0.2, 0) is 0 Å². The number of amides is 1. The number of para-hydroxylation sites is 1. The minimum absolute atomic E-state index is 0.0138. The quantitative estimate of drug-likeness (QED) is 0.770. The van der Waals surface area contributed by atoms with Gasteiger partial charge in [-0.3, -0.25) is 4.79 Å². The molecule has 0 unspecified atom stereocenters. The summed E-state index contributed by atoms with van der Waals surface area (Å²) in [5.41, 5.74) is 2.42. The Labute approximate surface area is 144 Å². The molecule has 2 N–H and O–H groups in total. The molecule has 1 aliphatic heterocycles. The number of carbonyl (C=O) groups is 1. The van der Waals surface area contributed by atoms with Gasteiger partial charge in [0.15, 0.2) is 0 Å². The van der Waals surface area contributed by atoms with Crippen LogP contribution >= 0.6 is 11.3 Å². The Morgan fingerprint density at radius 1 is 1.25 bits per heavy atom. The molecule has 1 saturated heterocycles. The van der Waals surface area contributed by atoms with E-state index in [0.717, 1.165) is 47.4 Å². The molecule has 0 saturated carbocycles. The Kier molecular flexibility index (Phi) is 4.28. The molecule has 1 fully saturated rings. The van der Waals surface area contributed by atoms with Gasteiger partial charge in [-0.2, -0.15) is 0 Å². The normalized spacial score (nSPS) is 17.8. The van der Waals surface area contributed by atoms with Crippen LogP contribution in [0.15, 0.2) is 47.8 Å². The Balaban J connectivity index is 1.73. The van der Waals surface area contributed by atoms with Crippen molar-refractivity contribution in [2.24, 2.45) is 0 Å². The number of nitrogens with one attached hydrogen (secondary N) is 2. The van der Waals surface area contributed by atoms with E-state index in [0.29, 0.717) is 5.56 Å². The van der Waals surface area contributed by atoms with E-state index in [2.05, 4.69) is 10.6 Å². The minimum Gasteiger partial charge on any atom is -0.348 e. The summed E-state index contributed by atoms with van der Waals surface area (Å²) in [5.74, 6) is -0.0138. The SMILES string of the molecule is O=C(N[C@H]1CCCNC1)c1cc(-c2cccs2)nc2ccccc12. The summed E-state index contributed by atoms with van der Waals surface area (Å²) in [6.07, 6.45) is 2.13. The highest BCUT2D eigenvalue weighted by atomic mass is 32.1. The van der Waals surface area contributed by atoms with E-state index in [9.17, 15) is 4.79 Å². The number of carbonyl (C=O) groups excluding carboxylic acids is 1. The van der Waals surface area contributed by atoms with Crippen LogP contribution in [0, 0.1) is 0 Å². The molecule has 2 aromatic heterocycles. The topological polar surface area (TPSA) is 54.0 Å². The number of piperidine rings is 1. The molecule has 122 valence electrons. The fraction of sp³-hybridized carbons (Fsp3) is 0.263. The largest absolute Gasteiger partial charge is 0.348 e. The monoisotopic (exact) mass is 337 g/mol. The Hall–Kier alpha value is -2.24. The average molecular weight is 337 g/mol. The number of nitrogens with zero attached hydrogens (tertiary/aromatic N) is 1. The predicted octanol–water partition coefficient (Wildman–Crippen LogP) is 3.45. The molecule has 24 heavy (non-hydrogen) atoms. The molecule has 0 aliphatic carbocycles. The van der Waals surface area contributed by atoms with Crippen LogP contribution in [0.4, 0.5) is 0 Å². The van der Waals surface area contributed by atoms with Crippen LogP contribution in [0.25, 0.3) is 21.5 Å². The maximum absolute atomic E-state index is 12.9. The molecular formula is C19H19N3OS. The van der Waals surface area contributed by atoms with Crippen molar-refractivity contribution in [1.82, 2.24) is 15.6 Å². The highest BCUT2D eigenvalue weighted by Gasteiger charge is 2.19. The summed E-state index contributed by atoms with van der Waals surface area (Å²) in [6.45, 7) is 1.87. The molecule has 1 aromatic carbocycles. The zero-order chi connectivity index (χ0) is 16.4. The number of benzene rings is 1. The average Bonchev–Trinajstić information content (AvgIpc) is 3.16. The van der Waals surface area contributed by atoms with E-state index >= 15 is 0 Å². The lowest BCUT2D eigenvalue weighted by molar-refractivity contribution is 0.0932. The second-order valence-corrected chi connectivity index (χ2v) is 7.01. The summed E-state index contributed by atoms with van der Waals surface area (Å²) in [4.78, 5) is 18.7. The highest BCUT2D eigenvalue weighted by Crippen LogP contribution is 2.28. The number of hydrogen-bond donors (Lipinski definition) is 2. The van der Waals surface area contributed by atoms with Crippen molar-refractivity contribution < 1.29 is 4.79 Å². The smallest absolute Gasteiger partial charge is 0.252 e. The number of thiophene rings is 1. The first kappa shape index (κ1) is 15.3. The van der Waals surface area contributed by atoms with Crippen molar-refractivity contribution >= 4 is 28.1 Å². The first-order chi connectivity index (χ1) is 11.8. The van der Waals surface area contributed by atoms with Gasteiger partial charge in [0.2, 0.25) is 0 Å². The Morgan fingerprint density at radius 2 is 2.17 bits per heavy atom. The number of pyridine rings is 1. The number of rotatable bonds is 3. The van der Waals surface area contributed by atoms with Crippen molar-refractivity contribution in [1.29, 1.82) is 0 Å². The summed E-state index contributed by atoms with van der Waals surface area (Å²) < 4.78 is 0. The van der Waals surface area contributed by atoms with E-state index in [4.69, 9.17) is 4.98 Å². The maximum atomic E-state index is 12.9. The molecule has 1 atom stereocenters. The fourth-order valence-electron chi connectivity index (χ4n) is 3.15. The van der Waals surface area contributed by atoms with Gasteiger partial charge in [-0.25, -0.2) is 4.98 Å². The fourth-order valence-corrected chi connectivity index (χ4v) is 3.84. The van der Waals surface area contributed by atoms with Gasteiger partial charge in [-0.05, 0) is 43.0 Å². The van der Waals surface area contributed by atoms with Crippen molar-refractivity contribution in [2.75, 3.05) is 13.1 Å². The minimum atomic E-state index is -0.0138. The highest BCUT2D eigenvalue weighted by molar-refractivity contribution is 7.13. The van der Waals surface area contributed by atoms with Gasteiger partial charge in [0, 0.05) is 18.0 Å². The van der Waals surface area contributed by atoms with Gasteiger partial charge in [0.05, 0.1) is 21.7 Å². The number of fused-ring (bicyclic) bond motifs is 1. The van der Waals surface area contributed by atoms with Crippen molar-refractivity contribution in [3.8, 4) is 10.6 Å². The third kappa shape index (κ3) is 3.05. The van der Waals surface area contributed by atoms with E-state index < -0.39 is 0 Å². The second-order valence-electron chi connectivity index (χ2n) is 6.07. The summed E-state index contributed by atoms with van der Waals surface area (Å²) >= 11 is 1.64. The van der Waals surface area contributed by atoms with Gasteiger partial charge in [-0.15, -0.1) is 11.3 Å². The van der Waals surface area contributed by atoms with Crippen LogP contribution < -0.4 is 10.6 Å². The van der Waals surface area contributed by atoms with Crippen LogP contribution in [0.3, 0.4) is 0 Å². The van der Waals surface area contributed by atoms with Gasteiger partial charge >= 0.3 is 0 Å². The molecule has 0 spiro atoms. The van der Waals surface area contributed by atoms with Gasteiger partial charge in [-0.1, -0.05) is 24.3 Å². The Morgan fingerprint density at radius 3 is 2.96 bits per heavy atom. The molecule has 5 heteroatoms. The molecular weight excluding hydrogens is 318 g/mol. The van der Waals surface area contributed by atoms with Gasteiger partial charge in [0.1, 0.15) is 0 Å². The molecule has 3 heterocycles. The molecule has 3 aromatic rings. The van der Waals surface area contributed by atoms with Crippen LogP contribution in [0.5, 0.6) is 0 Å². The number of aromatic nitrogens is 1. The maximum Gasteiger partial charge on any atom is 0.252 e. The van der Waals surface area contributed by atoms with Crippen LogP contribution in [0.2, 0.25) is 0 Å². The molecule has 0 bridgehead atoms. The first-order valence-electron chi connectivity index (χ1n) is 8.26. The lowest BCUT2D eigenvalue weighted by Gasteiger charge is -2.24. The lowest BCUT2D eigenvalue weighted by atomic mass is 10.0. The van der Waals surface area contributed by atoms with Crippen molar-refractivity contribution in [3.05, 3.63) is 53.4 Å². The van der Waals surface area contributed by atoms with Crippen molar-refractivity contribution in [2.45, 2.75) is 18.9 Å². The lowest BCUT2D eigenvalue weighted by Crippen LogP contribution is -2.45. The van der Waals surface area contributed by atoms with Crippen LogP contribution in [-0.4, -0.2) is 30.0 Å². The Bertz CT molecular complexity index is 854. The van der Waals surface area contributed by atoms with E-state index in [-0.39, 0.29) is 11.9 Å². The molecule has 1 aliphatic rings. The van der Waals surface area contributed by atoms with E-state index in [1.165, 1.54) is 0 Å². The van der Waals surface area contributed by atoms with Crippen molar-refractivity contribution in [3.63, 3.8) is 0 Å². The zero-order valence-corrected chi connectivity index (χ0v) is 14.1. The molecule has 4 rings (SSSR count). The number of hydrogen-bond acceptors (Lipinski definition) is 4.